The van der Waals surface area contributed by atoms with Gasteiger partial charge in [-0.15, -0.1) is 0 Å². The van der Waals surface area contributed by atoms with E-state index in [4.69, 9.17) is 9.47 Å². The SMILES string of the molecule is COc1ccccc1C(=O)O[C@@H](C)C(=O)N1c2ccccc2C[C@H]1C. The Hall–Kier alpha value is -2.82. The maximum atomic E-state index is 12.9. The number of benzene rings is 2. The van der Waals surface area contributed by atoms with Gasteiger partial charge < -0.3 is 14.4 Å². The number of carbonyl (C=O) groups excluding carboxylic acids is 2. The normalized spacial score (nSPS) is 16.9. The molecule has 0 saturated carbocycles. The van der Waals surface area contributed by atoms with Gasteiger partial charge >= 0.3 is 5.97 Å². The van der Waals surface area contributed by atoms with Crippen molar-refractivity contribution >= 4 is 17.6 Å². The van der Waals surface area contributed by atoms with E-state index in [1.165, 1.54) is 7.11 Å². The number of anilines is 1. The van der Waals surface area contributed by atoms with Crippen LogP contribution in [0, 0.1) is 0 Å². The maximum absolute atomic E-state index is 12.9. The highest BCUT2D eigenvalue weighted by molar-refractivity contribution is 6.01. The predicted octanol–water partition coefficient (Wildman–Crippen LogP) is 3.22. The van der Waals surface area contributed by atoms with Crippen molar-refractivity contribution in [1.82, 2.24) is 0 Å². The molecule has 1 aliphatic heterocycles. The predicted molar refractivity (Wildman–Crippen MR) is 95.0 cm³/mol. The molecule has 2 aromatic carbocycles. The molecule has 0 aromatic heterocycles. The summed E-state index contributed by atoms with van der Waals surface area (Å²) in [6.07, 6.45) is -0.0826. The van der Waals surface area contributed by atoms with E-state index in [-0.39, 0.29) is 11.9 Å². The largest absolute Gasteiger partial charge is 0.496 e. The van der Waals surface area contributed by atoms with Gasteiger partial charge in [-0.25, -0.2) is 4.79 Å². The van der Waals surface area contributed by atoms with Crippen molar-refractivity contribution in [1.29, 1.82) is 0 Å². The molecular formula is C20H21NO4. The number of para-hydroxylation sites is 2. The van der Waals surface area contributed by atoms with Crippen LogP contribution in [0.2, 0.25) is 0 Å². The molecule has 1 aliphatic rings. The fourth-order valence-corrected chi connectivity index (χ4v) is 3.18. The smallest absolute Gasteiger partial charge is 0.342 e. The number of esters is 1. The lowest BCUT2D eigenvalue weighted by molar-refractivity contribution is -0.126. The van der Waals surface area contributed by atoms with Crippen LogP contribution < -0.4 is 9.64 Å². The molecule has 0 unspecified atom stereocenters. The molecule has 0 radical (unpaired) electrons. The van der Waals surface area contributed by atoms with Crippen molar-refractivity contribution in [2.75, 3.05) is 12.0 Å². The minimum Gasteiger partial charge on any atom is -0.496 e. The maximum Gasteiger partial charge on any atom is 0.342 e. The molecule has 0 N–H and O–H groups in total. The lowest BCUT2D eigenvalue weighted by Gasteiger charge is -2.26. The van der Waals surface area contributed by atoms with Gasteiger partial charge in [0.15, 0.2) is 6.10 Å². The number of nitrogens with zero attached hydrogens (tertiary/aromatic N) is 1. The van der Waals surface area contributed by atoms with Gasteiger partial charge in [-0.2, -0.15) is 0 Å². The Kier molecular flexibility index (Phi) is 4.74. The van der Waals surface area contributed by atoms with Crippen LogP contribution in [0.1, 0.15) is 29.8 Å². The number of hydrogen-bond donors (Lipinski definition) is 0. The molecule has 25 heavy (non-hydrogen) atoms. The van der Waals surface area contributed by atoms with Gasteiger partial charge in [0.2, 0.25) is 0 Å². The summed E-state index contributed by atoms with van der Waals surface area (Å²) in [4.78, 5) is 27.0. The summed E-state index contributed by atoms with van der Waals surface area (Å²) in [5.41, 5.74) is 2.33. The van der Waals surface area contributed by atoms with Gasteiger partial charge in [-0.3, -0.25) is 4.79 Å². The first kappa shape index (κ1) is 17.0. The standard InChI is InChI=1S/C20H21NO4/c1-13-12-15-8-4-6-10-17(15)21(13)19(22)14(2)25-20(23)16-9-5-7-11-18(16)24-3/h4-11,13-14H,12H2,1-3H3/t13-,14+/m1/s1. The summed E-state index contributed by atoms with van der Waals surface area (Å²) in [5.74, 6) is -0.369. The monoisotopic (exact) mass is 339 g/mol. The van der Waals surface area contributed by atoms with Crippen LogP contribution >= 0.6 is 0 Å². The van der Waals surface area contributed by atoms with E-state index < -0.39 is 12.1 Å². The third kappa shape index (κ3) is 3.22. The third-order valence-electron chi connectivity index (χ3n) is 4.40. The van der Waals surface area contributed by atoms with Crippen LogP contribution in [0.4, 0.5) is 5.69 Å². The van der Waals surface area contributed by atoms with Gasteiger partial charge in [0.05, 0.1) is 7.11 Å². The summed E-state index contributed by atoms with van der Waals surface area (Å²) in [6.45, 7) is 3.59. The average molecular weight is 339 g/mol. The number of amides is 1. The molecule has 0 saturated heterocycles. The van der Waals surface area contributed by atoms with E-state index in [9.17, 15) is 9.59 Å². The number of hydrogen-bond acceptors (Lipinski definition) is 4. The second-order valence-electron chi connectivity index (χ2n) is 6.14. The molecule has 1 amide bonds. The summed E-state index contributed by atoms with van der Waals surface area (Å²) >= 11 is 0. The second-order valence-corrected chi connectivity index (χ2v) is 6.14. The molecule has 0 spiro atoms. The quantitative estimate of drug-likeness (QED) is 0.803. The Balaban J connectivity index is 1.76. The zero-order valence-corrected chi connectivity index (χ0v) is 14.6. The van der Waals surface area contributed by atoms with E-state index in [0.717, 1.165) is 17.7 Å². The Morgan fingerprint density at radius 3 is 2.56 bits per heavy atom. The highest BCUT2D eigenvalue weighted by Gasteiger charge is 2.34. The van der Waals surface area contributed by atoms with E-state index in [0.29, 0.717) is 11.3 Å². The fourth-order valence-electron chi connectivity index (χ4n) is 3.18. The Morgan fingerprint density at radius 2 is 1.80 bits per heavy atom. The lowest BCUT2D eigenvalue weighted by atomic mass is 10.1. The van der Waals surface area contributed by atoms with Crippen molar-refractivity contribution in [3.05, 3.63) is 59.7 Å². The molecule has 2 atom stereocenters. The summed E-state index contributed by atoms with van der Waals surface area (Å²) in [5, 5.41) is 0. The van der Waals surface area contributed by atoms with E-state index in [1.807, 2.05) is 31.2 Å². The van der Waals surface area contributed by atoms with Crippen LogP contribution in [0.5, 0.6) is 5.75 Å². The van der Waals surface area contributed by atoms with E-state index in [1.54, 1.807) is 36.1 Å². The van der Waals surface area contributed by atoms with Crippen molar-refractivity contribution in [3.63, 3.8) is 0 Å². The molecule has 0 fully saturated rings. The van der Waals surface area contributed by atoms with Gasteiger partial charge in [-0.1, -0.05) is 30.3 Å². The van der Waals surface area contributed by atoms with E-state index in [2.05, 4.69) is 0 Å². The molecule has 1 heterocycles. The highest BCUT2D eigenvalue weighted by Crippen LogP contribution is 2.32. The van der Waals surface area contributed by atoms with Crippen molar-refractivity contribution in [3.8, 4) is 5.75 Å². The first-order chi connectivity index (χ1) is 12.0. The van der Waals surface area contributed by atoms with Crippen LogP contribution in [0.15, 0.2) is 48.5 Å². The lowest BCUT2D eigenvalue weighted by Crippen LogP contribution is -2.43. The molecule has 3 rings (SSSR count). The first-order valence-corrected chi connectivity index (χ1v) is 8.28. The summed E-state index contributed by atoms with van der Waals surface area (Å²) in [6, 6.07) is 14.6. The van der Waals surface area contributed by atoms with Crippen LogP contribution in [0.3, 0.4) is 0 Å². The number of rotatable bonds is 4. The third-order valence-corrected chi connectivity index (χ3v) is 4.40. The minimum absolute atomic E-state index is 0.0392. The molecular weight excluding hydrogens is 318 g/mol. The number of ether oxygens (including phenoxy) is 2. The van der Waals surface area contributed by atoms with Crippen LogP contribution in [-0.2, 0) is 16.0 Å². The van der Waals surface area contributed by atoms with E-state index >= 15 is 0 Å². The zero-order chi connectivity index (χ0) is 18.0. The van der Waals surface area contributed by atoms with Crippen molar-refractivity contribution < 1.29 is 19.1 Å². The summed E-state index contributed by atoms with van der Waals surface area (Å²) < 4.78 is 10.6. The molecule has 0 bridgehead atoms. The van der Waals surface area contributed by atoms with Gasteiger partial charge in [0, 0.05) is 11.7 Å². The Bertz CT molecular complexity index is 802. The Morgan fingerprint density at radius 1 is 1.12 bits per heavy atom. The van der Waals surface area contributed by atoms with Gasteiger partial charge in [0.25, 0.3) is 5.91 Å². The average Bonchev–Trinajstić information content (AvgIpc) is 2.96. The topological polar surface area (TPSA) is 55.8 Å². The van der Waals surface area contributed by atoms with Gasteiger partial charge in [0.1, 0.15) is 11.3 Å². The molecule has 5 nitrogen and oxygen atoms in total. The van der Waals surface area contributed by atoms with Crippen molar-refractivity contribution in [2.24, 2.45) is 0 Å². The van der Waals surface area contributed by atoms with Crippen molar-refractivity contribution in [2.45, 2.75) is 32.4 Å². The van der Waals surface area contributed by atoms with Crippen LogP contribution in [0.25, 0.3) is 0 Å². The van der Waals surface area contributed by atoms with Crippen LogP contribution in [-0.4, -0.2) is 31.1 Å². The fraction of sp³-hybridized carbons (Fsp3) is 0.300. The summed E-state index contributed by atoms with van der Waals surface area (Å²) in [7, 11) is 1.49. The molecule has 2 aromatic rings. The zero-order valence-electron chi connectivity index (χ0n) is 14.6. The molecule has 0 aliphatic carbocycles. The molecule has 5 heteroatoms. The molecule has 130 valence electrons. The minimum atomic E-state index is -0.883. The van der Waals surface area contributed by atoms with Gasteiger partial charge in [-0.05, 0) is 44.0 Å². The first-order valence-electron chi connectivity index (χ1n) is 8.28. The number of methoxy groups -OCH3 is 1. The highest BCUT2D eigenvalue weighted by atomic mass is 16.5. The number of carbonyl (C=O) groups is 2. The Labute approximate surface area is 147 Å². The number of fused-ring (bicyclic) bond motifs is 1. The second kappa shape index (κ2) is 6.97.